The van der Waals surface area contributed by atoms with Gasteiger partial charge in [0.15, 0.2) is 0 Å². The van der Waals surface area contributed by atoms with Crippen molar-refractivity contribution in [1.29, 1.82) is 0 Å². The molecular formula is C24H24N2O3S. The van der Waals surface area contributed by atoms with Gasteiger partial charge in [0.25, 0.3) is 15.9 Å². The molecule has 30 heavy (non-hydrogen) atoms. The zero-order valence-electron chi connectivity index (χ0n) is 17.2. The van der Waals surface area contributed by atoms with Crippen LogP contribution in [-0.2, 0) is 16.4 Å². The normalized spacial score (nSPS) is 15.7. The van der Waals surface area contributed by atoms with Gasteiger partial charge in [-0.3, -0.25) is 9.10 Å². The molecule has 0 saturated heterocycles. The first-order valence-corrected chi connectivity index (χ1v) is 11.3. The van der Waals surface area contributed by atoms with Crippen LogP contribution in [0, 0.1) is 13.8 Å². The van der Waals surface area contributed by atoms with Crippen molar-refractivity contribution in [2.75, 3.05) is 9.62 Å². The van der Waals surface area contributed by atoms with E-state index in [0.717, 1.165) is 16.8 Å². The topological polar surface area (TPSA) is 66.5 Å². The van der Waals surface area contributed by atoms with E-state index >= 15 is 0 Å². The maximum atomic E-state index is 13.2. The molecule has 5 nitrogen and oxygen atoms in total. The van der Waals surface area contributed by atoms with Crippen LogP contribution in [0.15, 0.2) is 71.6 Å². The van der Waals surface area contributed by atoms with Gasteiger partial charge in [-0.2, -0.15) is 0 Å². The molecule has 1 heterocycles. The van der Waals surface area contributed by atoms with E-state index in [-0.39, 0.29) is 16.8 Å². The summed E-state index contributed by atoms with van der Waals surface area (Å²) in [5.41, 5.74) is 5.02. The number of amides is 1. The van der Waals surface area contributed by atoms with Crippen molar-refractivity contribution in [1.82, 2.24) is 0 Å². The molecule has 0 bridgehead atoms. The van der Waals surface area contributed by atoms with Crippen molar-refractivity contribution >= 4 is 27.3 Å². The van der Waals surface area contributed by atoms with Crippen LogP contribution in [0.5, 0.6) is 0 Å². The lowest BCUT2D eigenvalue weighted by Crippen LogP contribution is -2.35. The Labute approximate surface area is 177 Å². The summed E-state index contributed by atoms with van der Waals surface area (Å²) in [6.45, 7) is 5.91. The summed E-state index contributed by atoms with van der Waals surface area (Å²) in [4.78, 5) is 13.0. The predicted octanol–water partition coefficient (Wildman–Crippen LogP) is 4.70. The highest BCUT2D eigenvalue weighted by atomic mass is 32.2. The molecule has 0 radical (unpaired) electrons. The number of benzene rings is 3. The van der Waals surface area contributed by atoms with Crippen LogP contribution >= 0.6 is 0 Å². The third-order valence-corrected chi connectivity index (χ3v) is 7.50. The zero-order chi connectivity index (χ0) is 21.5. The number of hydrogen-bond acceptors (Lipinski definition) is 3. The molecule has 3 aromatic carbocycles. The van der Waals surface area contributed by atoms with Gasteiger partial charge in [0, 0.05) is 17.3 Å². The van der Waals surface area contributed by atoms with Crippen molar-refractivity contribution in [2.24, 2.45) is 0 Å². The number of rotatable bonds is 4. The first-order chi connectivity index (χ1) is 14.3. The fourth-order valence-electron chi connectivity index (χ4n) is 3.84. The van der Waals surface area contributed by atoms with Crippen molar-refractivity contribution in [2.45, 2.75) is 38.1 Å². The third-order valence-electron chi connectivity index (χ3n) is 5.56. The number of carbonyl (C=O) groups excluding carboxylic acids is 1. The Hall–Kier alpha value is -3.12. The van der Waals surface area contributed by atoms with Gasteiger partial charge >= 0.3 is 0 Å². The van der Waals surface area contributed by atoms with E-state index in [0.29, 0.717) is 17.7 Å². The van der Waals surface area contributed by atoms with Gasteiger partial charge in [-0.05, 0) is 86.3 Å². The van der Waals surface area contributed by atoms with E-state index in [1.54, 1.807) is 48.5 Å². The summed E-state index contributed by atoms with van der Waals surface area (Å²) in [5, 5.41) is 2.93. The molecule has 0 aromatic heterocycles. The number of sulfonamides is 1. The Morgan fingerprint density at radius 3 is 2.40 bits per heavy atom. The lowest BCUT2D eigenvalue weighted by Gasteiger charge is -2.24. The SMILES string of the molecule is Cc1ccc(NC(=O)c2ccc3c(c2)C[C@@H](C)N3S(=O)(=O)c2ccccc2)cc1C. The minimum atomic E-state index is -3.66. The van der Waals surface area contributed by atoms with Crippen molar-refractivity contribution in [3.63, 3.8) is 0 Å². The molecule has 0 fully saturated rings. The largest absolute Gasteiger partial charge is 0.322 e. The molecular weight excluding hydrogens is 396 g/mol. The molecule has 1 N–H and O–H groups in total. The summed E-state index contributed by atoms with van der Waals surface area (Å²) in [7, 11) is -3.66. The minimum absolute atomic E-state index is 0.210. The van der Waals surface area contributed by atoms with E-state index in [2.05, 4.69) is 5.32 Å². The maximum absolute atomic E-state index is 13.2. The van der Waals surface area contributed by atoms with Crippen LogP contribution in [0.3, 0.4) is 0 Å². The van der Waals surface area contributed by atoms with E-state index in [4.69, 9.17) is 0 Å². The molecule has 1 atom stereocenters. The Kier molecular flexibility index (Phi) is 5.12. The second kappa shape index (κ2) is 7.61. The average molecular weight is 421 g/mol. The number of fused-ring (bicyclic) bond motifs is 1. The van der Waals surface area contributed by atoms with Crippen LogP contribution in [0.25, 0.3) is 0 Å². The van der Waals surface area contributed by atoms with Gasteiger partial charge < -0.3 is 5.32 Å². The van der Waals surface area contributed by atoms with Crippen LogP contribution in [-0.4, -0.2) is 20.4 Å². The summed E-state index contributed by atoms with van der Waals surface area (Å²) in [5.74, 6) is -0.210. The number of hydrogen-bond donors (Lipinski definition) is 1. The maximum Gasteiger partial charge on any atom is 0.264 e. The van der Waals surface area contributed by atoms with Gasteiger partial charge in [-0.25, -0.2) is 8.42 Å². The molecule has 1 aliphatic rings. The molecule has 4 rings (SSSR count). The second-order valence-corrected chi connectivity index (χ2v) is 9.58. The molecule has 3 aromatic rings. The van der Waals surface area contributed by atoms with Gasteiger partial charge in [0.05, 0.1) is 10.6 Å². The Morgan fingerprint density at radius 1 is 0.967 bits per heavy atom. The monoisotopic (exact) mass is 420 g/mol. The molecule has 0 saturated carbocycles. The summed E-state index contributed by atoms with van der Waals surface area (Å²) in [6.07, 6.45) is 0.562. The smallest absolute Gasteiger partial charge is 0.264 e. The van der Waals surface area contributed by atoms with E-state index in [1.165, 1.54) is 9.87 Å². The van der Waals surface area contributed by atoms with Crippen molar-refractivity contribution in [3.05, 3.63) is 89.0 Å². The number of anilines is 2. The molecule has 0 unspecified atom stereocenters. The van der Waals surface area contributed by atoms with E-state index in [1.807, 2.05) is 39.0 Å². The highest BCUT2D eigenvalue weighted by Gasteiger charge is 2.36. The number of aryl methyl sites for hydroxylation is 2. The first kappa shape index (κ1) is 20.2. The standard InChI is InChI=1S/C24H24N2O3S/c1-16-9-11-21(13-17(16)2)25-24(27)19-10-12-23-20(15-19)14-18(3)26(23)30(28,29)22-7-5-4-6-8-22/h4-13,15,18H,14H2,1-3H3,(H,25,27)/t18-/m1/s1. The zero-order valence-corrected chi connectivity index (χ0v) is 18.0. The second-order valence-electron chi connectivity index (χ2n) is 7.76. The Morgan fingerprint density at radius 2 is 1.70 bits per heavy atom. The summed E-state index contributed by atoms with van der Waals surface area (Å²) in [6, 6.07) is 19.2. The number of carbonyl (C=O) groups is 1. The number of nitrogens with one attached hydrogen (secondary N) is 1. The Balaban J connectivity index is 1.62. The quantitative estimate of drug-likeness (QED) is 0.666. The fraction of sp³-hybridized carbons (Fsp3) is 0.208. The molecule has 1 aliphatic heterocycles. The van der Waals surface area contributed by atoms with Crippen LogP contribution in [0.4, 0.5) is 11.4 Å². The van der Waals surface area contributed by atoms with E-state index < -0.39 is 10.0 Å². The molecule has 154 valence electrons. The van der Waals surface area contributed by atoms with Crippen molar-refractivity contribution < 1.29 is 13.2 Å². The van der Waals surface area contributed by atoms with Gasteiger partial charge in [-0.15, -0.1) is 0 Å². The molecule has 1 amide bonds. The predicted molar refractivity (Wildman–Crippen MR) is 120 cm³/mol. The van der Waals surface area contributed by atoms with Crippen LogP contribution in [0.2, 0.25) is 0 Å². The van der Waals surface area contributed by atoms with Gasteiger partial charge in [-0.1, -0.05) is 24.3 Å². The highest BCUT2D eigenvalue weighted by molar-refractivity contribution is 7.92. The molecule has 0 aliphatic carbocycles. The third kappa shape index (κ3) is 3.59. The average Bonchev–Trinajstić information content (AvgIpc) is 3.07. The van der Waals surface area contributed by atoms with Crippen molar-refractivity contribution in [3.8, 4) is 0 Å². The van der Waals surface area contributed by atoms with E-state index in [9.17, 15) is 13.2 Å². The lowest BCUT2D eigenvalue weighted by atomic mass is 10.1. The molecule has 6 heteroatoms. The molecule has 0 spiro atoms. The minimum Gasteiger partial charge on any atom is -0.322 e. The van der Waals surface area contributed by atoms with Crippen LogP contribution < -0.4 is 9.62 Å². The lowest BCUT2D eigenvalue weighted by molar-refractivity contribution is 0.102. The van der Waals surface area contributed by atoms with Crippen LogP contribution in [0.1, 0.15) is 34.0 Å². The number of nitrogens with zero attached hydrogens (tertiary/aromatic N) is 1. The van der Waals surface area contributed by atoms with Gasteiger partial charge in [0.1, 0.15) is 0 Å². The summed E-state index contributed by atoms with van der Waals surface area (Å²) < 4.78 is 27.8. The highest BCUT2D eigenvalue weighted by Crippen LogP contribution is 2.37. The Bertz CT molecular complexity index is 1220. The summed E-state index contributed by atoms with van der Waals surface area (Å²) >= 11 is 0. The first-order valence-electron chi connectivity index (χ1n) is 9.88. The fourth-order valence-corrected chi connectivity index (χ4v) is 5.55. The van der Waals surface area contributed by atoms with Gasteiger partial charge in [0.2, 0.25) is 0 Å².